The lowest BCUT2D eigenvalue weighted by Gasteiger charge is -2.04. The van der Waals surface area contributed by atoms with Gasteiger partial charge in [-0.15, -0.1) is 0 Å². The Morgan fingerprint density at radius 2 is 1.45 bits per heavy atom. The second kappa shape index (κ2) is 9.29. The molecule has 0 spiro atoms. The van der Waals surface area contributed by atoms with Gasteiger partial charge in [-0.05, 0) is 12.0 Å². The topological polar surface area (TPSA) is 138 Å². The van der Waals surface area contributed by atoms with Crippen molar-refractivity contribution < 1.29 is 29.7 Å². The van der Waals surface area contributed by atoms with Crippen molar-refractivity contribution in [1.82, 2.24) is 0 Å². The van der Waals surface area contributed by atoms with Gasteiger partial charge in [-0.25, -0.2) is 9.59 Å². The van der Waals surface area contributed by atoms with Crippen LogP contribution in [0.2, 0.25) is 0 Å². The van der Waals surface area contributed by atoms with E-state index in [1.54, 1.807) is 0 Å². The van der Waals surface area contributed by atoms with E-state index < -0.39 is 23.9 Å². The van der Waals surface area contributed by atoms with Crippen molar-refractivity contribution in [2.45, 2.75) is 12.5 Å². The van der Waals surface area contributed by atoms with Crippen LogP contribution < -0.4 is 5.73 Å². The van der Waals surface area contributed by atoms with E-state index in [2.05, 4.69) is 0 Å². The molecule has 0 fully saturated rings. The number of aliphatic carboxylic acids is 3. The maximum atomic E-state index is 10.4. The van der Waals surface area contributed by atoms with E-state index in [-0.39, 0.29) is 0 Å². The summed E-state index contributed by atoms with van der Waals surface area (Å²) < 4.78 is 0. The zero-order valence-electron chi connectivity index (χ0n) is 10.5. The molecule has 0 radical (unpaired) electrons. The highest BCUT2D eigenvalue weighted by molar-refractivity contribution is 5.89. The van der Waals surface area contributed by atoms with Crippen molar-refractivity contribution in [3.05, 3.63) is 48.0 Å². The molecule has 0 saturated carbocycles. The number of hydrogen-bond donors (Lipinski definition) is 4. The molecule has 0 heterocycles. The van der Waals surface area contributed by atoms with Gasteiger partial charge in [0.15, 0.2) is 0 Å². The van der Waals surface area contributed by atoms with Gasteiger partial charge in [0, 0.05) is 12.2 Å². The number of benzene rings is 1. The molecule has 108 valence electrons. The fourth-order valence-electron chi connectivity index (χ4n) is 1.10. The quantitative estimate of drug-likeness (QED) is 0.571. The molecule has 0 unspecified atom stereocenters. The smallest absolute Gasteiger partial charge is 0.328 e. The van der Waals surface area contributed by atoms with Crippen LogP contribution in [0.25, 0.3) is 0 Å². The molecular weight excluding hydrogens is 266 g/mol. The molecule has 0 amide bonds. The Hall–Kier alpha value is -2.67. The molecule has 7 nitrogen and oxygen atoms in total. The van der Waals surface area contributed by atoms with E-state index in [4.69, 9.17) is 21.1 Å². The standard InChI is InChI=1S/C9H11NO2.C4H4O4/c10-8(9(11)12)6-7-4-2-1-3-5-7;5-3(6)1-2-4(7)8/h1-5,8H,6,10H2,(H,11,12);1-2H,(H,5,6)(H,7,8)/b;2-1-/t8-;/m0./s1. The van der Waals surface area contributed by atoms with Crippen molar-refractivity contribution in [3.8, 4) is 0 Å². The Morgan fingerprint density at radius 3 is 1.80 bits per heavy atom. The normalized spacial score (nSPS) is 11.2. The van der Waals surface area contributed by atoms with Crippen LogP contribution in [0.5, 0.6) is 0 Å². The minimum atomic E-state index is -1.26. The predicted molar refractivity (Wildman–Crippen MR) is 70.2 cm³/mol. The van der Waals surface area contributed by atoms with Crippen LogP contribution in [-0.4, -0.2) is 39.3 Å². The van der Waals surface area contributed by atoms with E-state index in [0.29, 0.717) is 18.6 Å². The van der Waals surface area contributed by atoms with Crippen molar-refractivity contribution in [1.29, 1.82) is 0 Å². The Balaban J connectivity index is 0.000000396. The third kappa shape index (κ3) is 9.37. The maximum Gasteiger partial charge on any atom is 0.328 e. The summed E-state index contributed by atoms with van der Waals surface area (Å²) in [4.78, 5) is 29.5. The van der Waals surface area contributed by atoms with Gasteiger partial charge in [0.1, 0.15) is 6.04 Å². The first kappa shape index (κ1) is 17.3. The van der Waals surface area contributed by atoms with Crippen LogP contribution in [0.1, 0.15) is 5.56 Å². The first-order valence-electron chi connectivity index (χ1n) is 5.49. The number of carbonyl (C=O) groups is 3. The third-order valence-corrected chi connectivity index (χ3v) is 1.98. The van der Waals surface area contributed by atoms with Crippen molar-refractivity contribution in [3.63, 3.8) is 0 Å². The second-order valence-corrected chi connectivity index (χ2v) is 3.64. The largest absolute Gasteiger partial charge is 0.480 e. The van der Waals surface area contributed by atoms with E-state index in [1.165, 1.54) is 0 Å². The fraction of sp³-hybridized carbons (Fsp3) is 0.154. The summed E-state index contributed by atoms with van der Waals surface area (Å²) in [7, 11) is 0. The summed E-state index contributed by atoms with van der Waals surface area (Å²) in [6, 6.07) is 8.54. The van der Waals surface area contributed by atoms with Gasteiger partial charge in [-0.2, -0.15) is 0 Å². The van der Waals surface area contributed by atoms with Gasteiger partial charge < -0.3 is 21.1 Å². The van der Waals surface area contributed by atoms with Gasteiger partial charge in [0.05, 0.1) is 0 Å². The molecule has 20 heavy (non-hydrogen) atoms. The summed E-state index contributed by atoms with van der Waals surface area (Å²) in [5, 5.41) is 24.1. The molecule has 7 heteroatoms. The molecule has 0 aliphatic heterocycles. The van der Waals surface area contributed by atoms with Crippen molar-refractivity contribution in [2.24, 2.45) is 5.73 Å². The molecule has 0 bridgehead atoms. The van der Waals surface area contributed by atoms with Crippen LogP contribution in [0.4, 0.5) is 0 Å². The minimum Gasteiger partial charge on any atom is -0.480 e. The van der Waals surface area contributed by atoms with Crippen LogP contribution in [0.15, 0.2) is 42.5 Å². The van der Waals surface area contributed by atoms with Crippen molar-refractivity contribution >= 4 is 17.9 Å². The first-order valence-corrected chi connectivity index (χ1v) is 5.49. The highest BCUT2D eigenvalue weighted by Gasteiger charge is 2.10. The number of carboxylic acids is 3. The average molecular weight is 281 g/mol. The minimum absolute atomic E-state index is 0.385. The average Bonchev–Trinajstić information content (AvgIpc) is 2.38. The molecule has 5 N–H and O–H groups in total. The highest BCUT2D eigenvalue weighted by Crippen LogP contribution is 2.01. The number of nitrogens with two attached hydrogens (primary N) is 1. The molecule has 1 rings (SSSR count). The molecule has 0 aromatic heterocycles. The molecular formula is C13H15NO6. The second-order valence-electron chi connectivity index (χ2n) is 3.64. The third-order valence-electron chi connectivity index (χ3n) is 1.98. The van der Waals surface area contributed by atoms with E-state index >= 15 is 0 Å². The van der Waals surface area contributed by atoms with Crippen molar-refractivity contribution in [2.75, 3.05) is 0 Å². The monoisotopic (exact) mass is 281 g/mol. The van der Waals surface area contributed by atoms with E-state index in [1.807, 2.05) is 30.3 Å². The van der Waals surface area contributed by atoms with Crippen LogP contribution in [-0.2, 0) is 20.8 Å². The van der Waals surface area contributed by atoms with Gasteiger partial charge in [0.25, 0.3) is 0 Å². The van der Waals surface area contributed by atoms with Gasteiger partial charge >= 0.3 is 17.9 Å². The Bertz CT molecular complexity index is 467. The highest BCUT2D eigenvalue weighted by atomic mass is 16.4. The number of rotatable bonds is 5. The van der Waals surface area contributed by atoms with E-state index in [0.717, 1.165) is 5.56 Å². The first-order chi connectivity index (χ1) is 9.32. The summed E-state index contributed by atoms with van der Waals surface area (Å²) in [5.41, 5.74) is 6.30. The Kier molecular flexibility index (Phi) is 8.05. The molecule has 0 aliphatic carbocycles. The van der Waals surface area contributed by atoms with Gasteiger partial charge in [-0.3, -0.25) is 4.79 Å². The Labute approximate surface area is 115 Å². The predicted octanol–water partition coefficient (Wildman–Crippen LogP) is 0.353. The van der Waals surface area contributed by atoms with Crippen LogP contribution >= 0.6 is 0 Å². The number of hydrogen-bond acceptors (Lipinski definition) is 4. The SMILES string of the molecule is N[C@@H](Cc1ccccc1)C(=O)O.O=C(O)/C=C\C(=O)O. The zero-order valence-corrected chi connectivity index (χ0v) is 10.5. The lowest BCUT2D eigenvalue weighted by atomic mass is 10.1. The van der Waals surface area contributed by atoms with Crippen LogP contribution in [0, 0.1) is 0 Å². The lowest BCUT2D eigenvalue weighted by Crippen LogP contribution is -2.32. The maximum absolute atomic E-state index is 10.4. The molecule has 1 aromatic carbocycles. The molecule has 1 atom stereocenters. The Morgan fingerprint density at radius 1 is 1.00 bits per heavy atom. The van der Waals surface area contributed by atoms with E-state index in [9.17, 15) is 14.4 Å². The molecule has 1 aromatic rings. The summed E-state index contributed by atoms with van der Waals surface area (Å²) in [6.45, 7) is 0. The van der Waals surface area contributed by atoms with Crippen LogP contribution in [0.3, 0.4) is 0 Å². The van der Waals surface area contributed by atoms with Gasteiger partial charge in [0.2, 0.25) is 0 Å². The lowest BCUT2D eigenvalue weighted by molar-refractivity contribution is -0.138. The number of carboxylic acid groups (broad SMARTS) is 3. The summed E-state index contributed by atoms with van der Waals surface area (Å²) >= 11 is 0. The summed E-state index contributed by atoms with van der Waals surface area (Å²) in [5.74, 6) is -3.47. The molecule has 0 aliphatic rings. The summed E-state index contributed by atoms with van der Waals surface area (Å²) in [6.07, 6.45) is 1.50. The molecule has 0 saturated heterocycles. The fourth-order valence-corrected chi connectivity index (χ4v) is 1.10. The van der Waals surface area contributed by atoms with Gasteiger partial charge in [-0.1, -0.05) is 30.3 Å². The zero-order chi connectivity index (χ0) is 15.5.